The Hall–Kier alpha value is -4.26. The molecule has 0 aliphatic carbocycles. The number of urea groups is 1. The van der Waals surface area contributed by atoms with Gasteiger partial charge in [-0.2, -0.15) is 0 Å². The van der Waals surface area contributed by atoms with Crippen molar-refractivity contribution in [2.75, 3.05) is 7.11 Å². The molecule has 3 aromatic rings. The van der Waals surface area contributed by atoms with Crippen LogP contribution in [0.3, 0.4) is 0 Å². The number of nitrogens with one attached hydrogen (secondary N) is 2. The van der Waals surface area contributed by atoms with E-state index in [1.807, 2.05) is 55.5 Å². The predicted octanol–water partition coefficient (Wildman–Crippen LogP) is 5.51. The Morgan fingerprint density at radius 1 is 0.914 bits per heavy atom. The summed E-state index contributed by atoms with van der Waals surface area (Å²) in [5.74, 6) is 1.53. The van der Waals surface area contributed by atoms with Crippen molar-refractivity contribution in [1.29, 1.82) is 0 Å². The average molecular weight is 473 g/mol. The molecule has 3 aromatic carbocycles. The minimum absolute atomic E-state index is 0.316. The third kappa shape index (κ3) is 5.63. The SMILES string of the molecule is COc1ccc(C2=C(C(=O)OC(C)C)C(c3ccc(Oc4cccc(C)c4)cc3)NC(=O)N2)cc1. The van der Waals surface area contributed by atoms with Crippen molar-refractivity contribution in [3.05, 3.63) is 95.1 Å². The summed E-state index contributed by atoms with van der Waals surface area (Å²) in [6, 6.07) is 21.0. The smallest absolute Gasteiger partial charge is 0.338 e. The molecular weight excluding hydrogens is 444 g/mol. The number of rotatable bonds is 7. The molecule has 1 atom stereocenters. The molecule has 0 bridgehead atoms. The molecule has 2 amide bonds. The van der Waals surface area contributed by atoms with Gasteiger partial charge in [0.15, 0.2) is 0 Å². The van der Waals surface area contributed by atoms with Gasteiger partial charge in [-0.25, -0.2) is 9.59 Å². The molecule has 1 unspecified atom stereocenters. The van der Waals surface area contributed by atoms with Gasteiger partial charge in [0.05, 0.1) is 30.5 Å². The average Bonchev–Trinajstić information content (AvgIpc) is 2.83. The molecule has 35 heavy (non-hydrogen) atoms. The maximum atomic E-state index is 13.2. The van der Waals surface area contributed by atoms with E-state index in [9.17, 15) is 9.59 Å². The first-order valence-electron chi connectivity index (χ1n) is 11.4. The molecule has 0 fully saturated rings. The Morgan fingerprint density at radius 2 is 1.60 bits per heavy atom. The van der Waals surface area contributed by atoms with Crippen LogP contribution in [0.5, 0.6) is 17.2 Å². The molecule has 7 heteroatoms. The van der Waals surface area contributed by atoms with Gasteiger partial charge in [0, 0.05) is 0 Å². The fourth-order valence-corrected chi connectivity index (χ4v) is 3.84. The summed E-state index contributed by atoms with van der Waals surface area (Å²) >= 11 is 0. The van der Waals surface area contributed by atoms with Crippen molar-refractivity contribution in [1.82, 2.24) is 10.6 Å². The highest BCUT2D eigenvalue weighted by molar-refractivity contribution is 6.04. The Kier molecular flexibility index (Phi) is 7.06. The molecule has 0 aromatic heterocycles. The number of hydrogen-bond donors (Lipinski definition) is 2. The normalized spacial score (nSPS) is 15.3. The third-order valence-electron chi connectivity index (χ3n) is 5.45. The Morgan fingerprint density at radius 3 is 2.23 bits per heavy atom. The van der Waals surface area contributed by atoms with E-state index in [-0.39, 0.29) is 6.10 Å². The fourth-order valence-electron chi connectivity index (χ4n) is 3.84. The van der Waals surface area contributed by atoms with E-state index in [2.05, 4.69) is 10.6 Å². The van der Waals surface area contributed by atoms with E-state index < -0.39 is 18.0 Å². The van der Waals surface area contributed by atoms with E-state index in [4.69, 9.17) is 14.2 Å². The molecule has 2 N–H and O–H groups in total. The molecule has 0 radical (unpaired) electrons. The van der Waals surface area contributed by atoms with Crippen molar-refractivity contribution in [2.45, 2.75) is 32.9 Å². The number of esters is 1. The summed E-state index contributed by atoms with van der Waals surface area (Å²) in [6.07, 6.45) is -0.324. The lowest BCUT2D eigenvalue weighted by molar-refractivity contribution is -0.143. The van der Waals surface area contributed by atoms with Gasteiger partial charge in [-0.15, -0.1) is 0 Å². The minimum atomic E-state index is -0.708. The lowest BCUT2D eigenvalue weighted by Crippen LogP contribution is -2.45. The molecule has 1 aliphatic rings. The van der Waals surface area contributed by atoms with Crippen LogP contribution in [0.4, 0.5) is 4.79 Å². The maximum absolute atomic E-state index is 13.2. The summed E-state index contributed by atoms with van der Waals surface area (Å²) in [4.78, 5) is 25.9. The number of aryl methyl sites for hydroxylation is 1. The third-order valence-corrected chi connectivity index (χ3v) is 5.45. The predicted molar refractivity (Wildman–Crippen MR) is 133 cm³/mol. The van der Waals surface area contributed by atoms with Gasteiger partial charge >= 0.3 is 12.0 Å². The highest BCUT2D eigenvalue weighted by Gasteiger charge is 2.34. The molecule has 0 spiro atoms. The second-order valence-electron chi connectivity index (χ2n) is 8.49. The summed E-state index contributed by atoms with van der Waals surface area (Å²) in [6.45, 7) is 5.57. The fraction of sp³-hybridized carbons (Fsp3) is 0.214. The second-order valence-corrected chi connectivity index (χ2v) is 8.49. The Balaban J connectivity index is 1.71. The summed E-state index contributed by atoms with van der Waals surface area (Å²) in [5.41, 5.74) is 3.20. The van der Waals surface area contributed by atoms with E-state index in [0.717, 1.165) is 16.9 Å². The van der Waals surface area contributed by atoms with Gasteiger partial charge in [-0.3, -0.25) is 0 Å². The van der Waals surface area contributed by atoms with Crippen LogP contribution in [-0.4, -0.2) is 25.2 Å². The van der Waals surface area contributed by atoms with Crippen LogP contribution in [0.15, 0.2) is 78.4 Å². The van der Waals surface area contributed by atoms with E-state index >= 15 is 0 Å². The van der Waals surface area contributed by atoms with E-state index in [1.165, 1.54) is 0 Å². The number of methoxy groups -OCH3 is 1. The summed E-state index contributed by atoms with van der Waals surface area (Å²) < 4.78 is 16.7. The van der Waals surface area contributed by atoms with Gasteiger partial charge in [-0.1, -0.05) is 24.3 Å². The standard InChI is InChI=1S/C28H28N2O5/c1-17(2)34-27(31)24-25(19-8-12-21(33-4)13-9-19)29-28(32)30-26(24)20-10-14-22(15-11-20)35-23-7-5-6-18(3)16-23/h5-17,26H,1-4H3,(H2,29,30,32). The highest BCUT2D eigenvalue weighted by Crippen LogP contribution is 2.34. The van der Waals surface area contributed by atoms with E-state index in [1.54, 1.807) is 45.2 Å². The number of amides is 2. The molecule has 0 saturated carbocycles. The largest absolute Gasteiger partial charge is 0.497 e. The first-order chi connectivity index (χ1) is 16.8. The molecule has 1 heterocycles. The molecule has 0 saturated heterocycles. The molecule has 7 nitrogen and oxygen atoms in total. The Labute approximate surface area is 204 Å². The number of carbonyl (C=O) groups is 2. The minimum Gasteiger partial charge on any atom is -0.497 e. The van der Waals surface area contributed by atoms with E-state index in [0.29, 0.717) is 28.3 Å². The Bertz CT molecular complexity index is 1250. The number of carbonyl (C=O) groups excluding carboxylic acids is 2. The number of ether oxygens (including phenoxy) is 3. The van der Waals surface area contributed by atoms with Crippen molar-refractivity contribution in [2.24, 2.45) is 0 Å². The summed E-state index contributed by atoms with van der Waals surface area (Å²) in [5, 5.41) is 5.65. The molecule has 4 rings (SSSR count). The quantitative estimate of drug-likeness (QED) is 0.443. The van der Waals surface area contributed by atoms with Gasteiger partial charge in [0.25, 0.3) is 0 Å². The zero-order valence-corrected chi connectivity index (χ0v) is 20.1. The van der Waals surface area contributed by atoms with Gasteiger partial charge in [0.2, 0.25) is 0 Å². The lowest BCUT2D eigenvalue weighted by atomic mass is 9.92. The topological polar surface area (TPSA) is 85.9 Å². The van der Waals surface area contributed by atoms with Crippen molar-refractivity contribution in [3.63, 3.8) is 0 Å². The molecule has 1 aliphatic heterocycles. The van der Waals surface area contributed by atoms with Gasteiger partial charge < -0.3 is 24.8 Å². The molecular formula is C28H28N2O5. The van der Waals surface area contributed by atoms with Crippen LogP contribution >= 0.6 is 0 Å². The summed E-state index contributed by atoms with van der Waals surface area (Å²) in [7, 11) is 1.58. The zero-order valence-electron chi connectivity index (χ0n) is 20.1. The zero-order chi connectivity index (χ0) is 24.9. The van der Waals surface area contributed by atoms with Crippen LogP contribution < -0.4 is 20.1 Å². The highest BCUT2D eigenvalue weighted by atomic mass is 16.5. The first-order valence-corrected chi connectivity index (χ1v) is 11.4. The monoisotopic (exact) mass is 472 g/mol. The second kappa shape index (κ2) is 10.3. The van der Waals surface area contributed by atoms with Gasteiger partial charge in [0.1, 0.15) is 17.2 Å². The van der Waals surface area contributed by atoms with Crippen LogP contribution in [0, 0.1) is 6.92 Å². The van der Waals surface area contributed by atoms with Crippen molar-refractivity contribution >= 4 is 17.7 Å². The van der Waals surface area contributed by atoms with Crippen LogP contribution in [0.25, 0.3) is 5.70 Å². The molecule has 180 valence electrons. The van der Waals surface area contributed by atoms with Gasteiger partial charge in [-0.05, 0) is 86.0 Å². The van der Waals surface area contributed by atoms with Crippen LogP contribution in [0.1, 0.15) is 36.6 Å². The maximum Gasteiger partial charge on any atom is 0.338 e. The number of hydrogen-bond acceptors (Lipinski definition) is 5. The lowest BCUT2D eigenvalue weighted by Gasteiger charge is -2.30. The first kappa shape index (κ1) is 23.9. The van der Waals surface area contributed by atoms with Crippen molar-refractivity contribution in [3.8, 4) is 17.2 Å². The van der Waals surface area contributed by atoms with Crippen molar-refractivity contribution < 1.29 is 23.8 Å². The number of benzene rings is 3. The van der Waals surface area contributed by atoms with Crippen LogP contribution in [0.2, 0.25) is 0 Å². The van der Waals surface area contributed by atoms with Crippen LogP contribution in [-0.2, 0) is 9.53 Å².